The van der Waals surface area contributed by atoms with E-state index in [1.165, 1.54) is 18.2 Å². The molecule has 0 atom stereocenters. The largest absolute Gasteiger partial charge is 0.399 e. The molecule has 1 aromatic carbocycles. The second-order valence-electron chi connectivity index (χ2n) is 3.72. The van der Waals surface area contributed by atoms with Gasteiger partial charge in [-0.1, -0.05) is 0 Å². The maximum atomic E-state index is 12.3. The molecular weight excluding hydrogens is 270 g/mol. The maximum Gasteiger partial charge on any atom is 0.244 e. The van der Waals surface area contributed by atoms with Gasteiger partial charge in [-0.05, 0) is 18.2 Å². The molecule has 4 N–H and O–H groups in total. The Morgan fingerprint density at radius 2 is 1.84 bits per heavy atom. The Balaban J connectivity index is 3.29. The minimum absolute atomic E-state index is 0.0686. The summed E-state index contributed by atoms with van der Waals surface area (Å²) in [4.78, 5) is -0.189. The zero-order chi connectivity index (χ0) is 14.5. The van der Waals surface area contributed by atoms with E-state index in [4.69, 9.17) is 21.2 Å². The molecule has 0 heterocycles. The lowest BCUT2D eigenvalue weighted by Gasteiger charge is -2.20. The second kappa shape index (κ2) is 6.49. The van der Waals surface area contributed by atoms with Gasteiger partial charge in [0.25, 0.3) is 0 Å². The quantitative estimate of drug-likeness (QED) is 0.582. The summed E-state index contributed by atoms with van der Waals surface area (Å²) in [5.74, 6) is 0. The molecule has 0 aliphatic heterocycles. The van der Waals surface area contributed by atoms with Crippen molar-refractivity contribution in [2.45, 2.75) is 4.90 Å². The number of sulfonamides is 1. The summed E-state index contributed by atoms with van der Waals surface area (Å²) in [5, 5.41) is 26.7. The molecule has 19 heavy (non-hydrogen) atoms. The van der Waals surface area contributed by atoms with Gasteiger partial charge in [-0.25, -0.2) is 8.42 Å². The summed E-state index contributed by atoms with van der Waals surface area (Å²) in [5.41, 5.74) is 5.72. The van der Waals surface area contributed by atoms with Crippen LogP contribution >= 0.6 is 0 Å². The van der Waals surface area contributed by atoms with Crippen molar-refractivity contribution in [2.24, 2.45) is 0 Å². The molecule has 104 valence electrons. The Kier molecular flexibility index (Phi) is 5.26. The average molecular weight is 285 g/mol. The van der Waals surface area contributed by atoms with Gasteiger partial charge in [0.2, 0.25) is 10.0 Å². The average Bonchev–Trinajstić information content (AvgIpc) is 2.38. The van der Waals surface area contributed by atoms with Crippen molar-refractivity contribution in [1.82, 2.24) is 4.31 Å². The van der Waals surface area contributed by atoms with Crippen LogP contribution < -0.4 is 5.73 Å². The molecule has 0 bridgehead atoms. The van der Waals surface area contributed by atoms with Gasteiger partial charge in [0.05, 0.1) is 18.8 Å². The van der Waals surface area contributed by atoms with Crippen LogP contribution in [-0.2, 0) is 10.0 Å². The Morgan fingerprint density at radius 3 is 2.32 bits per heavy atom. The van der Waals surface area contributed by atoms with Gasteiger partial charge >= 0.3 is 0 Å². The van der Waals surface area contributed by atoms with Crippen LogP contribution in [0, 0.1) is 11.3 Å². The highest BCUT2D eigenvalue weighted by Gasteiger charge is 2.26. The number of nitrogens with zero attached hydrogens (tertiary/aromatic N) is 2. The number of hydrogen-bond acceptors (Lipinski definition) is 6. The van der Waals surface area contributed by atoms with Crippen molar-refractivity contribution < 1.29 is 18.6 Å². The first kappa shape index (κ1) is 15.4. The molecule has 1 rings (SSSR count). The van der Waals surface area contributed by atoms with Gasteiger partial charge in [0, 0.05) is 18.8 Å². The van der Waals surface area contributed by atoms with Crippen molar-refractivity contribution in [1.29, 1.82) is 5.26 Å². The smallest absolute Gasteiger partial charge is 0.244 e. The summed E-state index contributed by atoms with van der Waals surface area (Å²) < 4.78 is 25.5. The highest BCUT2D eigenvalue weighted by atomic mass is 32.2. The van der Waals surface area contributed by atoms with E-state index in [0.29, 0.717) is 0 Å². The third kappa shape index (κ3) is 3.42. The van der Waals surface area contributed by atoms with E-state index in [0.717, 1.165) is 4.31 Å². The summed E-state index contributed by atoms with van der Waals surface area (Å²) in [6.45, 7) is -1.07. The Morgan fingerprint density at radius 1 is 1.26 bits per heavy atom. The fraction of sp³-hybridized carbons (Fsp3) is 0.364. The van der Waals surface area contributed by atoms with Gasteiger partial charge in [-0.15, -0.1) is 0 Å². The van der Waals surface area contributed by atoms with Crippen LogP contribution in [0.5, 0.6) is 0 Å². The molecule has 0 amide bonds. The molecule has 0 spiro atoms. The molecule has 0 saturated carbocycles. The van der Waals surface area contributed by atoms with E-state index in [-0.39, 0.29) is 42.4 Å². The van der Waals surface area contributed by atoms with Crippen molar-refractivity contribution in [3.05, 3.63) is 23.8 Å². The van der Waals surface area contributed by atoms with E-state index in [9.17, 15) is 8.42 Å². The van der Waals surface area contributed by atoms with Crippen LogP contribution in [-0.4, -0.2) is 49.2 Å². The van der Waals surface area contributed by atoms with Crippen LogP contribution in [0.15, 0.2) is 23.1 Å². The molecule has 8 heteroatoms. The standard InChI is InChI=1S/C11H15N3O4S/c12-8-9-7-10(13)1-2-11(9)19(17,18)14(3-5-15)4-6-16/h1-2,7,15-16H,3-6,13H2. The third-order valence-corrected chi connectivity index (χ3v) is 4.40. The number of benzene rings is 1. The lowest BCUT2D eigenvalue weighted by molar-refractivity contribution is 0.217. The number of nitrogen functional groups attached to an aromatic ring is 1. The van der Waals surface area contributed by atoms with Crippen LogP contribution in [0.3, 0.4) is 0 Å². The molecule has 0 fully saturated rings. The van der Waals surface area contributed by atoms with E-state index >= 15 is 0 Å². The van der Waals surface area contributed by atoms with Gasteiger partial charge in [0.15, 0.2) is 0 Å². The number of nitriles is 1. The summed E-state index contributed by atoms with van der Waals surface area (Å²) in [7, 11) is -3.95. The normalized spacial score (nSPS) is 11.5. The minimum Gasteiger partial charge on any atom is -0.399 e. The number of aliphatic hydroxyl groups excluding tert-OH is 2. The number of rotatable bonds is 6. The molecule has 0 aliphatic rings. The van der Waals surface area contributed by atoms with E-state index in [2.05, 4.69) is 0 Å². The van der Waals surface area contributed by atoms with Crippen LogP contribution in [0.25, 0.3) is 0 Å². The van der Waals surface area contributed by atoms with Gasteiger partial charge < -0.3 is 15.9 Å². The van der Waals surface area contributed by atoms with Gasteiger partial charge in [-0.3, -0.25) is 0 Å². The fourth-order valence-corrected chi connectivity index (χ4v) is 3.12. The Bertz CT molecular complexity index is 574. The zero-order valence-corrected chi connectivity index (χ0v) is 11.0. The topological polar surface area (TPSA) is 128 Å². The lowest BCUT2D eigenvalue weighted by atomic mass is 10.2. The molecule has 0 unspecified atom stereocenters. The molecule has 1 aromatic rings. The predicted molar refractivity (Wildman–Crippen MR) is 68.5 cm³/mol. The predicted octanol–water partition coefficient (Wildman–Crippen LogP) is -0.884. The van der Waals surface area contributed by atoms with Crippen molar-refractivity contribution in [3.8, 4) is 6.07 Å². The van der Waals surface area contributed by atoms with Crippen molar-refractivity contribution >= 4 is 15.7 Å². The summed E-state index contributed by atoms with van der Waals surface area (Å²) >= 11 is 0. The SMILES string of the molecule is N#Cc1cc(N)ccc1S(=O)(=O)N(CCO)CCO. The summed E-state index contributed by atoms with van der Waals surface area (Å²) in [6.07, 6.45) is 0. The number of nitrogens with two attached hydrogens (primary N) is 1. The van der Waals surface area contributed by atoms with E-state index in [1.807, 2.05) is 0 Å². The van der Waals surface area contributed by atoms with Gasteiger partial charge in [0.1, 0.15) is 11.0 Å². The highest BCUT2D eigenvalue weighted by molar-refractivity contribution is 7.89. The van der Waals surface area contributed by atoms with Crippen LogP contribution in [0.1, 0.15) is 5.56 Å². The molecule has 0 aliphatic carbocycles. The monoisotopic (exact) mass is 285 g/mol. The molecular formula is C11H15N3O4S. The fourth-order valence-electron chi connectivity index (χ4n) is 1.57. The Labute approximate surface area is 111 Å². The zero-order valence-electron chi connectivity index (χ0n) is 10.2. The maximum absolute atomic E-state index is 12.3. The van der Waals surface area contributed by atoms with Gasteiger partial charge in [-0.2, -0.15) is 9.57 Å². The third-order valence-electron chi connectivity index (χ3n) is 2.44. The first-order valence-electron chi connectivity index (χ1n) is 5.49. The molecule has 0 saturated heterocycles. The van der Waals surface area contributed by atoms with Crippen molar-refractivity contribution in [2.75, 3.05) is 32.0 Å². The first-order chi connectivity index (χ1) is 8.97. The van der Waals surface area contributed by atoms with Crippen molar-refractivity contribution in [3.63, 3.8) is 0 Å². The number of aliphatic hydroxyl groups is 2. The number of hydrogen-bond donors (Lipinski definition) is 3. The highest BCUT2D eigenvalue weighted by Crippen LogP contribution is 2.21. The van der Waals surface area contributed by atoms with E-state index in [1.54, 1.807) is 6.07 Å². The molecule has 0 aromatic heterocycles. The number of anilines is 1. The lowest BCUT2D eigenvalue weighted by Crippen LogP contribution is -2.36. The van der Waals surface area contributed by atoms with Crippen LogP contribution in [0.2, 0.25) is 0 Å². The first-order valence-corrected chi connectivity index (χ1v) is 6.93. The minimum atomic E-state index is -3.95. The molecule has 7 nitrogen and oxygen atoms in total. The second-order valence-corrected chi connectivity index (χ2v) is 5.63. The summed E-state index contributed by atoms with van der Waals surface area (Å²) in [6, 6.07) is 5.66. The Hall–Kier alpha value is -1.66. The van der Waals surface area contributed by atoms with E-state index < -0.39 is 10.0 Å². The molecule has 0 radical (unpaired) electrons. The van der Waals surface area contributed by atoms with Crippen LogP contribution in [0.4, 0.5) is 5.69 Å².